The fourth-order valence-electron chi connectivity index (χ4n) is 6.69. The number of rotatable bonds is 4. The highest BCUT2D eigenvalue weighted by Gasteiger charge is 2.68. The minimum absolute atomic E-state index is 0.0803. The summed E-state index contributed by atoms with van der Waals surface area (Å²) in [4.78, 5) is 11.3. The summed E-state index contributed by atoms with van der Waals surface area (Å²) in [7, 11) is 0. The van der Waals surface area contributed by atoms with Gasteiger partial charge in [-0.25, -0.2) is 0 Å². The molecule has 3 rings (SSSR count). The van der Waals surface area contributed by atoms with Crippen molar-refractivity contribution in [3.05, 3.63) is 0 Å². The van der Waals surface area contributed by atoms with Gasteiger partial charge in [0.05, 0.1) is 31.5 Å². The normalized spacial score (nSPS) is 51.4. The van der Waals surface area contributed by atoms with Crippen LogP contribution in [0.25, 0.3) is 0 Å². The van der Waals surface area contributed by atoms with Gasteiger partial charge in [0.1, 0.15) is 0 Å². The highest BCUT2D eigenvalue weighted by atomic mass is 16.5. The second-order valence-electron chi connectivity index (χ2n) is 9.73. The third-order valence-corrected chi connectivity index (χ3v) is 8.38. The predicted molar refractivity (Wildman–Crippen MR) is 92.9 cm³/mol. The third kappa shape index (κ3) is 2.56. The zero-order chi connectivity index (χ0) is 19.4. The second-order valence-corrected chi connectivity index (χ2v) is 9.73. The van der Waals surface area contributed by atoms with Gasteiger partial charge >= 0.3 is 0 Å². The molecule has 2 aliphatic carbocycles. The van der Waals surface area contributed by atoms with Crippen LogP contribution in [0, 0.1) is 28.1 Å². The Kier molecular flexibility index (Phi) is 4.96. The van der Waals surface area contributed by atoms with Crippen LogP contribution in [-0.4, -0.2) is 52.8 Å². The highest BCUT2D eigenvalue weighted by molar-refractivity contribution is 5.65. The molecule has 0 bridgehead atoms. The quantitative estimate of drug-likeness (QED) is 0.664. The third-order valence-electron chi connectivity index (χ3n) is 8.38. The van der Waals surface area contributed by atoms with E-state index in [-0.39, 0.29) is 43.5 Å². The zero-order valence-corrected chi connectivity index (χ0v) is 16.2. The fourth-order valence-corrected chi connectivity index (χ4v) is 6.69. The first-order valence-electron chi connectivity index (χ1n) is 9.83. The molecule has 0 amide bonds. The molecule has 6 nitrogen and oxygen atoms in total. The minimum atomic E-state index is -1.16. The SMILES string of the molecule is C[C@@H]1CCC2[C@](C)(CO)[C@@H](O)CC[C@]2(C)[C@@]12CC(CO)(CC(=O)[O-])CO2. The maximum atomic E-state index is 11.3. The molecule has 1 aliphatic heterocycles. The Labute approximate surface area is 155 Å². The number of carboxylic acid groups (broad SMARTS) is 1. The summed E-state index contributed by atoms with van der Waals surface area (Å²) in [5.41, 5.74) is -2.25. The van der Waals surface area contributed by atoms with Crippen molar-refractivity contribution in [2.45, 2.75) is 71.0 Å². The second kappa shape index (κ2) is 6.43. The van der Waals surface area contributed by atoms with Gasteiger partial charge in [-0.05, 0) is 50.4 Å². The van der Waals surface area contributed by atoms with Crippen molar-refractivity contribution in [1.82, 2.24) is 0 Å². The number of carbonyl (C=O) groups excluding carboxylic acids is 1. The lowest BCUT2D eigenvalue weighted by atomic mass is 9.43. The van der Waals surface area contributed by atoms with Crippen molar-refractivity contribution in [2.24, 2.45) is 28.1 Å². The highest BCUT2D eigenvalue weighted by Crippen LogP contribution is 2.67. The molecule has 1 saturated heterocycles. The maximum absolute atomic E-state index is 11.3. The Bertz CT molecular complexity index is 567. The molecule has 0 aromatic carbocycles. The van der Waals surface area contributed by atoms with E-state index in [1.54, 1.807) is 0 Å². The van der Waals surface area contributed by atoms with Crippen LogP contribution in [0.2, 0.25) is 0 Å². The standard InChI is InChI=1S/C20H34O6/c1-13-4-5-14-17(2,10-21)15(23)6-7-18(14,3)20(13)9-19(11-22,12-26-20)8-16(24)25/h13-15,21-23H,4-12H2,1-3H3,(H,24,25)/p-1/t13-,14?,15+,17+,18+,19?,20-/m1/s1. The molecule has 3 N–H and O–H groups in total. The van der Waals surface area contributed by atoms with Crippen molar-refractivity contribution in [3.8, 4) is 0 Å². The number of carbonyl (C=O) groups is 1. The van der Waals surface area contributed by atoms with Crippen molar-refractivity contribution in [3.63, 3.8) is 0 Å². The van der Waals surface area contributed by atoms with E-state index < -0.39 is 28.5 Å². The van der Waals surface area contributed by atoms with Crippen molar-refractivity contribution in [2.75, 3.05) is 19.8 Å². The van der Waals surface area contributed by atoms with Gasteiger partial charge in [-0.3, -0.25) is 0 Å². The summed E-state index contributed by atoms with van der Waals surface area (Å²) in [6.45, 7) is 6.18. The van der Waals surface area contributed by atoms with Crippen LogP contribution in [0.4, 0.5) is 0 Å². The van der Waals surface area contributed by atoms with Crippen molar-refractivity contribution in [1.29, 1.82) is 0 Å². The van der Waals surface area contributed by atoms with Gasteiger partial charge in [0, 0.05) is 22.2 Å². The molecule has 1 spiro atoms. The number of hydrogen-bond donors (Lipinski definition) is 3. The summed E-state index contributed by atoms with van der Waals surface area (Å²) < 4.78 is 6.43. The van der Waals surface area contributed by atoms with Gasteiger partial charge in [0.15, 0.2) is 0 Å². The van der Waals surface area contributed by atoms with Crippen LogP contribution in [0.15, 0.2) is 0 Å². The molecule has 26 heavy (non-hydrogen) atoms. The van der Waals surface area contributed by atoms with E-state index in [9.17, 15) is 25.2 Å². The molecule has 1 heterocycles. The summed E-state index contributed by atoms with van der Waals surface area (Å²) in [5.74, 6) is -0.862. The molecule has 2 unspecified atom stereocenters. The lowest BCUT2D eigenvalue weighted by Gasteiger charge is -2.64. The first-order chi connectivity index (χ1) is 12.1. The van der Waals surface area contributed by atoms with Crippen LogP contribution in [0.1, 0.15) is 59.3 Å². The first kappa shape index (κ1) is 20.1. The van der Waals surface area contributed by atoms with Crippen LogP contribution in [0.3, 0.4) is 0 Å². The molecule has 150 valence electrons. The van der Waals surface area contributed by atoms with Crippen LogP contribution in [0.5, 0.6) is 0 Å². The van der Waals surface area contributed by atoms with E-state index in [2.05, 4.69) is 13.8 Å². The zero-order valence-electron chi connectivity index (χ0n) is 16.2. The number of aliphatic carboxylic acids is 1. The largest absolute Gasteiger partial charge is 0.550 e. The van der Waals surface area contributed by atoms with E-state index in [0.717, 1.165) is 19.3 Å². The van der Waals surface area contributed by atoms with E-state index in [1.807, 2.05) is 6.92 Å². The van der Waals surface area contributed by atoms with Crippen molar-refractivity contribution < 1.29 is 30.0 Å². The van der Waals surface area contributed by atoms with Gasteiger partial charge in [0.25, 0.3) is 0 Å². The summed E-state index contributed by atoms with van der Waals surface area (Å²) in [5, 5.41) is 42.0. The first-order valence-corrected chi connectivity index (χ1v) is 9.83. The molecule has 6 heteroatoms. The van der Waals surface area contributed by atoms with Crippen LogP contribution in [-0.2, 0) is 9.53 Å². The topological polar surface area (TPSA) is 110 Å². The van der Waals surface area contributed by atoms with E-state index in [4.69, 9.17) is 4.74 Å². The maximum Gasteiger partial charge on any atom is 0.0771 e. The molecule has 7 atom stereocenters. The average Bonchev–Trinajstić information content (AvgIpc) is 2.98. The molecule has 0 radical (unpaired) electrons. The van der Waals surface area contributed by atoms with Gasteiger partial charge in [-0.15, -0.1) is 0 Å². The van der Waals surface area contributed by atoms with E-state index >= 15 is 0 Å². The number of carboxylic acids is 1. The number of aliphatic hydroxyl groups is 3. The van der Waals surface area contributed by atoms with Crippen LogP contribution >= 0.6 is 0 Å². The van der Waals surface area contributed by atoms with Gasteiger partial charge < -0.3 is 30.0 Å². The smallest absolute Gasteiger partial charge is 0.0771 e. The molecule has 0 aromatic heterocycles. The lowest BCUT2D eigenvalue weighted by Crippen LogP contribution is -2.66. The molecule has 3 fully saturated rings. The summed E-state index contributed by atoms with van der Waals surface area (Å²) in [6.07, 6.45) is 2.89. The monoisotopic (exact) mass is 369 g/mol. The summed E-state index contributed by atoms with van der Waals surface area (Å²) in [6, 6.07) is 0. The molecule has 3 aliphatic rings. The minimum Gasteiger partial charge on any atom is -0.550 e. The Morgan fingerprint density at radius 3 is 2.46 bits per heavy atom. The summed E-state index contributed by atoms with van der Waals surface area (Å²) >= 11 is 0. The number of ether oxygens (including phenoxy) is 1. The lowest BCUT2D eigenvalue weighted by molar-refractivity contribution is -0.308. The Balaban J connectivity index is 2.02. The Hall–Kier alpha value is -0.690. The fraction of sp³-hybridized carbons (Fsp3) is 0.950. The number of hydrogen-bond acceptors (Lipinski definition) is 6. The predicted octanol–water partition coefficient (Wildman–Crippen LogP) is 0.470. The van der Waals surface area contributed by atoms with E-state index in [0.29, 0.717) is 12.8 Å². The number of fused-ring (bicyclic) bond motifs is 2. The van der Waals surface area contributed by atoms with Gasteiger partial charge in [-0.1, -0.05) is 20.8 Å². The van der Waals surface area contributed by atoms with Gasteiger partial charge in [-0.2, -0.15) is 0 Å². The van der Waals surface area contributed by atoms with Gasteiger partial charge in [0.2, 0.25) is 0 Å². The van der Waals surface area contributed by atoms with Crippen molar-refractivity contribution >= 4 is 5.97 Å². The van der Waals surface area contributed by atoms with E-state index in [1.165, 1.54) is 0 Å². The Morgan fingerprint density at radius 2 is 1.88 bits per heavy atom. The van der Waals surface area contributed by atoms with Crippen LogP contribution < -0.4 is 5.11 Å². The number of aliphatic hydroxyl groups excluding tert-OH is 3. The molecule has 0 aromatic rings. The molecular formula is C20H33O6-. The molecule has 2 saturated carbocycles. The average molecular weight is 369 g/mol. The molecular weight excluding hydrogens is 336 g/mol. The Morgan fingerprint density at radius 1 is 1.19 bits per heavy atom.